The molecule has 8 nitrogen and oxygen atoms in total. The first-order chi connectivity index (χ1) is 15.0. The molecule has 0 aliphatic rings. The topological polar surface area (TPSA) is 98.1 Å². The summed E-state index contributed by atoms with van der Waals surface area (Å²) in [5.74, 6) is 0.446. The molecule has 0 saturated heterocycles. The fraction of sp³-hybridized carbons (Fsp3) is 0.238. The molecule has 31 heavy (non-hydrogen) atoms. The molecule has 0 spiro atoms. The van der Waals surface area contributed by atoms with Gasteiger partial charge < -0.3 is 19.9 Å². The molecule has 162 valence electrons. The van der Waals surface area contributed by atoms with E-state index in [1.54, 1.807) is 31.4 Å². The first kappa shape index (κ1) is 22.3. The molecule has 10 heteroatoms. The summed E-state index contributed by atoms with van der Waals surface area (Å²) in [6.07, 6.45) is 0. The zero-order chi connectivity index (χ0) is 22.2. The number of hydrogen-bond acceptors (Lipinski definition) is 6. The third-order valence-corrected chi connectivity index (χ3v) is 5.28. The van der Waals surface area contributed by atoms with Gasteiger partial charge in [0.25, 0.3) is 5.91 Å². The van der Waals surface area contributed by atoms with Crippen molar-refractivity contribution >= 4 is 29.3 Å². The Bertz CT molecular complexity index is 1060. The number of methoxy groups -OCH3 is 1. The van der Waals surface area contributed by atoms with Gasteiger partial charge in [-0.25, -0.2) is 4.39 Å². The van der Waals surface area contributed by atoms with Gasteiger partial charge in [0.15, 0.2) is 11.0 Å². The third kappa shape index (κ3) is 6.05. The molecule has 2 aromatic carbocycles. The van der Waals surface area contributed by atoms with Crippen molar-refractivity contribution in [3.8, 4) is 5.75 Å². The van der Waals surface area contributed by atoms with E-state index >= 15 is 0 Å². The van der Waals surface area contributed by atoms with Gasteiger partial charge in [-0.15, -0.1) is 10.2 Å². The number of aromatic nitrogens is 3. The molecule has 3 rings (SSSR count). The summed E-state index contributed by atoms with van der Waals surface area (Å²) in [5, 5.41) is 14.4. The molecular formula is C21H22FN5O3S. The third-order valence-electron chi connectivity index (χ3n) is 4.31. The lowest BCUT2D eigenvalue weighted by atomic mass is 10.2. The van der Waals surface area contributed by atoms with Crippen LogP contribution in [0.3, 0.4) is 0 Å². The normalized spacial score (nSPS) is 10.5. The standard InChI is InChI=1S/C21H22FN5O3S/c1-3-27-18(12-23-20(29)14-7-9-15(22)10-8-14)25-26-21(27)31-13-19(28)24-16-5-4-6-17(11-16)30-2/h4-11H,3,12-13H2,1-2H3,(H,23,29)(H,24,28). The van der Waals surface area contributed by atoms with Crippen LogP contribution in [0, 0.1) is 5.82 Å². The molecule has 0 saturated carbocycles. The highest BCUT2D eigenvalue weighted by Crippen LogP contribution is 2.20. The van der Waals surface area contributed by atoms with E-state index in [0.717, 1.165) is 0 Å². The van der Waals surface area contributed by atoms with Crippen LogP contribution in [0.25, 0.3) is 0 Å². The molecule has 1 aromatic heterocycles. The van der Waals surface area contributed by atoms with Gasteiger partial charge in [0.2, 0.25) is 5.91 Å². The first-order valence-corrected chi connectivity index (χ1v) is 10.5. The Labute approximate surface area is 183 Å². The Morgan fingerprint density at radius 2 is 1.94 bits per heavy atom. The van der Waals surface area contributed by atoms with E-state index in [1.165, 1.54) is 36.0 Å². The summed E-state index contributed by atoms with van der Waals surface area (Å²) >= 11 is 1.25. The quantitative estimate of drug-likeness (QED) is 0.493. The van der Waals surface area contributed by atoms with Gasteiger partial charge in [-0.2, -0.15) is 0 Å². The minimum absolute atomic E-state index is 0.150. The predicted octanol–water partition coefficient (Wildman–Crippen LogP) is 3.11. The Morgan fingerprint density at radius 1 is 1.16 bits per heavy atom. The molecule has 2 amide bonds. The summed E-state index contributed by atoms with van der Waals surface area (Å²) < 4.78 is 20.0. The molecule has 0 atom stereocenters. The lowest BCUT2D eigenvalue weighted by Crippen LogP contribution is -2.24. The average molecular weight is 444 g/mol. The largest absolute Gasteiger partial charge is 0.497 e. The van der Waals surface area contributed by atoms with E-state index in [9.17, 15) is 14.0 Å². The number of thioether (sulfide) groups is 1. The van der Waals surface area contributed by atoms with E-state index in [4.69, 9.17) is 4.74 Å². The molecule has 0 radical (unpaired) electrons. The number of halogens is 1. The van der Waals surface area contributed by atoms with Crippen molar-refractivity contribution in [1.29, 1.82) is 0 Å². The van der Waals surface area contributed by atoms with Gasteiger partial charge in [0, 0.05) is 23.9 Å². The highest BCUT2D eigenvalue weighted by atomic mass is 32.2. The summed E-state index contributed by atoms with van der Waals surface area (Å²) in [6.45, 7) is 2.66. The number of hydrogen-bond donors (Lipinski definition) is 2. The van der Waals surface area contributed by atoms with E-state index in [1.807, 2.05) is 11.5 Å². The van der Waals surface area contributed by atoms with Crippen molar-refractivity contribution in [2.45, 2.75) is 25.2 Å². The van der Waals surface area contributed by atoms with Crippen LogP contribution in [-0.4, -0.2) is 39.4 Å². The van der Waals surface area contributed by atoms with Crippen LogP contribution in [0.5, 0.6) is 5.75 Å². The van der Waals surface area contributed by atoms with Crippen molar-refractivity contribution < 1.29 is 18.7 Å². The van der Waals surface area contributed by atoms with Gasteiger partial charge >= 0.3 is 0 Å². The Kier molecular flexibility index (Phi) is 7.60. The van der Waals surface area contributed by atoms with Crippen molar-refractivity contribution in [2.24, 2.45) is 0 Å². The Hall–Kier alpha value is -3.40. The van der Waals surface area contributed by atoms with Gasteiger partial charge in [0.1, 0.15) is 11.6 Å². The highest BCUT2D eigenvalue weighted by molar-refractivity contribution is 7.99. The second-order valence-corrected chi connectivity index (χ2v) is 7.34. The molecule has 0 aliphatic carbocycles. The lowest BCUT2D eigenvalue weighted by molar-refractivity contribution is -0.113. The van der Waals surface area contributed by atoms with E-state index < -0.39 is 5.82 Å². The molecular weight excluding hydrogens is 421 g/mol. The lowest BCUT2D eigenvalue weighted by Gasteiger charge is -2.09. The van der Waals surface area contributed by atoms with E-state index in [2.05, 4.69) is 20.8 Å². The van der Waals surface area contributed by atoms with Crippen LogP contribution >= 0.6 is 11.8 Å². The molecule has 0 unspecified atom stereocenters. The zero-order valence-corrected chi connectivity index (χ0v) is 17.9. The van der Waals surface area contributed by atoms with Crippen LogP contribution in [-0.2, 0) is 17.9 Å². The number of ether oxygens (including phenoxy) is 1. The minimum Gasteiger partial charge on any atom is -0.497 e. The average Bonchev–Trinajstić information content (AvgIpc) is 3.18. The fourth-order valence-corrected chi connectivity index (χ4v) is 3.59. The van der Waals surface area contributed by atoms with Crippen LogP contribution in [0.2, 0.25) is 0 Å². The van der Waals surface area contributed by atoms with Gasteiger partial charge in [0.05, 0.1) is 19.4 Å². The number of benzene rings is 2. The Balaban J connectivity index is 1.56. The number of rotatable bonds is 9. The van der Waals surface area contributed by atoms with Crippen molar-refractivity contribution in [3.05, 3.63) is 65.7 Å². The van der Waals surface area contributed by atoms with Crippen molar-refractivity contribution in [3.63, 3.8) is 0 Å². The van der Waals surface area contributed by atoms with E-state index in [-0.39, 0.29) is 24.1 Å². The van der Waals surface area contributed by atoms with Crippen LogP contribution in [0.1, 0.15) is 23.1 Å². The summed E-state index contributed by atoms with van der Waals surface area (Å²) in [4.78, 5) is 24.5. The van der Waals surface area contributed by atoms with E-state index in [0.29, 0.717) is 34.5 Å². The molecule has 0 fully saturated rings. The van der Waals surface area contributed by atoms with Gasteiger partial charge in [-0.3, -0.25) is 9.59 Å². The summed E-state index contributed by atoms with van der Waals surface area (Å²) in [7, 11) is 1.56. The second-order valence-electron chi connectivity index (χ2n) is 6.40. The number of amides is 2. The fourth-order valence-electron chi connectivity index (χ4n) is 2.76. The zero-order valence-electron chi connectivity index (χ0n) is 17.1. The van der Waals surface area contributed by atoms with Crippen LogP contribution in [0.15, 0.2) is 53.7 Å². The molecule has 0 aliphatic heterocycles. The van der Waals surface area contributed by atoms with Crippen LogP contribution in [0.4, 0.5) is 10.1 Å². The van der Waals surface area contributed by atoms with Crippen LogP contribution < -0.4 is 15.4 Å². The maximum atomic E-state index is 13.0. The van der Waals surface area contributed by atoms with Crippen molar-refractivity contribution in [1.82, 2.24) is 20.1 Å². The van der Waals surface area contributed by atoms with Gasteiger partial charge in [-0.1, -0.05) is 17.8 Å². The minimum atomic E-state index is -0.403. The number of carbonyl (C=O) groups excluding carboxylic acids is 2. The number of nitrogens with one attached hydrogen (secondary N) is 2. The maximum absolute atomic E-state index is 13.0. The Morgan fingerprint density at radius 3 is 2.65 bits per heavy atom. The maximum Gasteiger partial charge on any atom is 0.251 e. The summed E-state index contributed by atoms with van der Waals surface area (Å²) in [5.41, 5.74) is 0.999. The number of nitrogens with zero attached hydrogens (tertiary/aromatic N) is 3. The number of anilines is 1. The van der Waals surface area contributed by atoms with Crippen molar-refractivity contribution in [2.75, 3.05) is 18.2 Å². The smallest absolute Gasteiger partial charge is 0.251 e. The monoisotopic (exact) mass is 443 g/mol. The summed E-state index contributed by atoms with van der Waals surface area (Å²) in [6, 6.07) is 12.4. The molecule has 2 N–H and O–H groups in total. The first-order valence-electron chi connectivity index (χ1n) is 9.52. The highest BCUT2D eigenvalue weighted by Gasteiger charge is 2.15. The van der Waals surface area contributed by atoms with Gasteiger partial charge in [-0.05, 0) is 43.3 Å². The molecule has 3 aromatic rings. The molecule has 1 heterocycles. The molecule has 0 bridgehead atoms. The second kappa shape index (κ2) is 10.6. The predicted molar refractivity (Wildman–Crippen MR) is 116 cm³/mol. The SMILES string of the molecule is CCn1c(CNC(=O)c2ccc(F)cc2)nnc1SCC(=O)Nc1cccc(OC)c1. The number of carbonyl (C=O) groups is 2.